The molecule has 3 aromatic rings. The maximum Gasteiger partial charge on any atom is 0.338 e. The highest BCUT2D eigenvalue weighted by molar-refractivity contribution is 5.91. The van der Waals surface area contributed by atoms with Gasteiger partial charge in [-0.2, -0.15) is 17.6 Å². The van der Waals surface area contributed by atoms with Gasteiger partial charge in [0.25, 0.3) is 0 Å². The van der Waals surface area contributed by atoms with Gasteiger partial charge in [-0.3, -0.25) is 9.69 Å². The molecule has 2 aliphatic heterocycles. The second kappa shape index (κ2) is 15.6. The normalized spacial score (nSPS) is 24.0. The molecule has 272 valence electrons. The maximum absolute atomic E-state index is 13.5. The Hall–Kier alpha value is -4.50. The van der Waals surface area contributed by atoms with E-state index >= 15 is 0 Å². The lowest BCUT2D eigenvalue weighted by Gasteiger charge is -2.52. The van der Waals surface area contributed by atoms with Crippen molar-refractivity contribution < 1.29 is 60.3 Å². The van der Waals surface area contributed by atoms with Crippen LogP contribution in [0.15, 0.2) is 42.5 Å². The van der Waals surface area contributed by atoms with Crippen LogP contribution in [0.25, 0.3) is 10.9 Å². The molecule has 3 heterocycles. The summed E-state index contributed by atoms with van der Waals surface area (Å²) in [5.74, 6) is 0.441. The van der Waals surface area contributed by atoms with Gasteiger partial charge in [-0.1, -0.05) is 0 Å². The van der Waals surface area contributed by atoms with Crippen LogP contribution in [0.3, 0.4) is 0 Å². The van der Waals surface area contributed by atoms with Crippen LogP contribution in [0.1, 0.15) is 40.5 Å². The zero-order valence-electron chi connectivity index (χ0n) is 28.5. The van der Waals surface area contributed by atoms with Crippen LogP contribution in [0, 0.1) is 17.8 Å². The number of esters is 2. The standard InChI is InChI=1S/C33H40N2O9.C2F4/c1-38-19-7-8-20-21-9-10-35-16-18-13-27(44-32(36)17-11-25(39-2)30(41-4)26(12-17)40-3)31(42-5)28(33(37)43-6)22(18)15-24(35)29(21)34-23(20)14-19;3-1(4)2(5)6/h7-8,11-12,14,18,22,24,27-28,31,34H,9-10,13,15-16H2,1-6H3;/t18-,22+,24-,27-,28+,31+;/m1./s1. The average Bonchev–Trinajstić information content (AvgIpc) is 3.50. The monoisotopic (exact) mass is 708 g/mol. The molecule has 15 heteroatoms. The highest BCUT2D eigenvalue weighted by atomic mass is 19.3. The molecule has 11 nitrogen and oxygen atoms in total. The third-order valence-corrected chi connectivity index (χ3v) is 9.90. The molecule has 1 aliphatic carbocycles. The second-order valence-electron chi connectivity index (χ2n) is 12.2. The van der Waals surface area contributed by atoms with E-state index in [9.17, 15) is 27.2 Å². The first-order chi connectivity index (χ1) is 24.0. The van der Waals surface area contributed by atoms with E-state index in [0.717, 1.165) is 37.2 Å². The summed E-state index contributed by atoms with van der Waals surface area (Å²) in [6.07, 6.45) is -4.90. The largest absolute Gasteiger partial charge is 0.497 e. The fourth-order valence-electron chi connectivity index (χ4n) is 7.76. The van der Waals surface area contributed by atoms with Crippen molar-refractivity contribution in [3.05, 3.63) is 59.3 Å². The number of aromatic nitrogens is 1. The summed E-state index contributed by atoms with van der Waals surface area (Å²) in [5.41, 5.74) is 3.83. The summed E-state index contributed by atoms with van der Waals surface area (Å²) in [6, 6.07) is 9.40. The van der Waals surface area contributed by atoms with Gasteiger partial charge in [0, 0.05) is 42.9 Å². The summed E-state index contributed by atoms with van der Waals surface area (Å²) in [6.45, 7) is 1.68. The lowest BCUT2D eigenvalue weighted by molar-refractivity contribution is -0.176. The van der Waals surface area contributed by atoms with Crippen LogP contribution in [0.4, 0.5) is 17.6 Å². The quantitative estimate of drug-likeness (QED) is 0.215. The molecule has 0 amide bonds. The number of halogens is 4. The van der Waals surface area contributed by atoms with Crippen molar-refractivity contribution in [2.24, 2.45) is 17.8 Å². The number of carbonyl (C=O) groups excluding carboxylic acids is 2. The Morgan fingerprint density at radius 3 is 2.10 bits per heavy atom. The third-order valence-electron chi connectivity index (χ3n) is 9.90. The lowest BCUT2D eigenvalue weighted by Crippen LogP contribution is -2.58. The number of aromatic amines is 1. The Kier molecular flexibility index (Phi) is 11.5. The van der Waals surface area contributed by atoms with E-state index in [1.807, 2.05) is 12.1 Å². The predicted molar refractivity (Wildman–Crippen MR) is 172 cm³/mol. The van der Waals surface area contributed by atoms with Crippen molar-refractivity contribution in [2.45, 2.75) is 37.5 Å². The number of ether oxygens (including phenoxy) is 7. The molecule has 0 unspecified atom stereocenters. The van der Waals surface area contributed by atoms with Crippen molar-refractivity contribution in [3.63, 3.8) is 0 Å². The lowest BCUT2D eigenvalue weighted by atomic mass is 9.63. The number of nitrogens with one attached hydrogen (secondary N) is 1. The summed E-state index contributed by atoms with van der Waals surface area (Å²) < 4.78 is 80.3. The number of fused-ring (bicyclic) bond motifs is 6. The number of hydrogen-bond acceptors (Lipinski definition) is 10. The highest BCUT2D eigenvalue weighted by Gasteiger charge is 2.54. The van der Waals surface area contributed by atoms with E-state index in [-0.39, 0.29) is 29.4 Å². The van der Waals surface area contributed by atoms with Gasteiger partial charge in [-0.05, 0) is 60.9 Å². The van der Waals surface area contributed by atoms with Crippen LogP contribution in [0.2, 0.25) is 0 Å². The van der Waals surface area contributed by atoms with E-state index in [4.69, 9.17) is 33.2 Å². The molecule has 2 aromatic carbocycles. The van der Waals surface area contributed by atoms with Crippen molar-refractivity contribution in [1.29, 1.82) is 0 Å². The number of piperidine rings is 1. The number of rotatable bonds is 8. The summed E-state index contributed by atoms with van der Waals surface area (Å²) in [4.78, 5) is 33.1. The molecule has 3 aliphatic rings. The molecular formula is C35H40F4N2O9. The minimum Gasteiger partial charge on any atom is -0.497 e. The topological polar surface area (TPSA) is 118 Å². The number of benzene rings is 2. The Balaban J connectivity index is 0.000000745. The first kappa shape index (κ1) is 36.8. The predicted octanol–water partition coefficient (Wildman–Crippen LogP) is 6.16. The van der Waals surface area contributed by atoms with Crippen LogP contribution in [-0.4, -0.2) is 89.8 Å². The van der Waals surface area contributed by atoms with E-state index in [1.165, 1.54) is 45.1 Å². The summed E-state index contributed by atoms with van der Waals surface area (Å²) >= 11 is 0. The molecule has 50 heavy (non-hydrogen) atoms. The minimum absolute atomic E-state index is 0.0170. The first-order valence-corrected chi connectivity index (χ1v) is 15.9. The number of carbonyl (C=O) groups is 2. The molecular weight excluding hydrogens is 668 g/mol. The zero-order chi connectivity index (χ0) is 36.3. The van der Waals surface area contributed by atoms with Gasteiger partial charge in [0.05, 0.1) is 53.1 Å². The van der Waals surface area contributed by atoms with Crippen molar-refractivity contribution in [1.82, 2.24) is 9.88 Å². The van der Waals surface area contributed by atoms with Gasteiger partial charge in [-0.25, -0.2) is 4.79 Å². The zero-order valence-corrected chi connectivity index (χ0v) is 28.5. The molecule has 6 atom stereocenters. The summed E-state index contributed by atoms with van der Waals surface area (Å²) in [7, 11) is 9.10. The van der Waals surface area contributed by atoms with Gasteiger partial charge in [0.2, 0.25) is 5.75 Å². The third kappa shape index (κ3) is 7.06. The smallest absolute Gasteiger partial charge is 0.338 e. The molecule has 0 bridgehead atoms. The van der Waals surface area contributed by atoms with E-state index in [1.54, 1.807) is 26.4 Å². The molecule has 1 saturated heterocycles. The maximum atomic E-state index is 13.5. The fraction of sp³-hybridized carbons (Fsp3) is 0.486. The van der Waals surface area contributed by atoms with Gasteiger partial charge in [-0.15, -0.1) is 0 Å². The van der Waals surface area contributed by atoms with E-state index in [2.05, 4.69) is 16.0 Å². The van der Waals surface area contributed by atoms with Gasteiger partial charge in [0.15, 0.2) is 11.5 Å². The number of H-pyrrole nitrogens is 1. The van der Waals surface area contributed by atoms with Crippen LogP contribution >= 0.6 is 0 Å². The first-order valence-electron chi connectivity index (χ1n) is 15.9. The van der Waals surface area contributed by atoms with E-state index in [0.29, 0.717) is 23.7 Å². The SMILES string of the molecule is COC(=O)[C@H]1[C@H]2C[C@@H]3c4[nH]c5cc(OC)ccc5c4CCN3C[C@H]2C[C@@H](OC(=O)c2cc(OC)c(OC)c(OC)c2)[C@@H]1OC.FC(F)=C(F)F. The van der Waals surface area contributed by atoms with Crippen molar-refractivity contribution in [3.8, 4) is 23.0 Å². The van der Waals surface area contributed by atoms with Crippen LogP contribution in [0.5, 0.6) is 23.0 Å². The van der Waals surface area contributed by atoms with Gasteiger partial charge in [0.1, 0.15) is 18.0 Å². The molecule has 1 N–H and O–H groups in total. The number of methoxy groups -OCH3 is 6. The van der Waals surface area contributed by atoms with Gasteiger partial charge >= 0.3 is 24.1 Å². The van der Waals surface area contributed by atoms with E-state index < -0.39 is 36.3 Å². The molecule has 1 saturated carbocycles. The molecule has 2 fully saturated rings. The van der Waals surface area contributed by atoms with Crippen molar-refractivity contribution in [2.75, 3.05) is 55.7 Å². The average molecular weight is 709 g/mol. The summed E-state index contributed by atoms with van der Waals surface area (Å²) in [5, 5.41) is 1.21. The molecule has 1 aromatic heterocycles. The second-order valence-corrected chi connectivity index (χ2v) is 12.2. The Labute approximate surface area is 286 Å². The Bertz CT molecular complexity index is 1710. The Morgan fingerprint density at radius 1 is 0.860 bits per heavy atom. The molecule has 6 rings (SSSR count). The minimum atomic E-state index is -2.91. The fourth-order valence-corrected chi connectivity index (χ4v) is 7.76. The number of hydrogen-bond donors (Lipinski definition) is 1. The molecule has 0 spiro atoms. The van der Waals surface area contributed by atoms with Crippen LogP contribution in [-0.2, 0) is 25.4 Å². The number of nitrogens with zero attached hydrogens (tertiary/aromatic N) is 1. The van der Waals surface area contributed by atoms with Gasteiger partial charge < -0.3 is 38.1 Å². The van der Waals surface area contributed by atoms with Crippen LogP contribution < -0.4 is 18.9 Å². The molecule has 0 radical (unpaired) electrons. The van der Waals surface area contributed by atoms with Crippen molar-refractivity contribution >= 4 is 22.8 Å². The highest BCUT2D eigenvalue weighted by Crippen LogP contribution is 2.51. The Morgan fingerprint density at radius 2 is 1.54 bits per heavy atom.